The minimum Gasteiger partial charge on any atom is -0.481 e. The minimum absolute atomic E-state index is 0.00849. The first-order valence-electron chi connectivity index (χ1n) is 12.7. The molecule has 0 aliphatic rings. The molecular formula is C31H30Cl2N2O3. The molecule has 0 unspecified atom stereocenters. The summed E-state index contributed by atoms with van der Waals surface area (Å²) >= 11 is 12.8. The van der Waals surface area contributed by atoms with E-state index < -0.39 is 5.97 Å². The van der Waals surface area contributed by atoms with Crippen LogP contribution in [0.15, 0.2) is 72.9 Å². The van der Waals surface area contributed by atoms with Gasteiger partial charge >= 0.3 is 5.97 Å². The summed E-state index contributed by atoms with van der Waals surface area (Å²) in [5.41, 5.74) is 5.82. The van der Waals surface area contributed by atoms with Gasteiger partial charge in [-0.15, -0.1) is 0 Å². The van der Waals surface area contributed by atoms with Gasteiger partial charge in [0.05, 0.1) is 11.9 Å². The number of aliphatic carboxylic acids is 1. The second kappa shape index (κ2) is 12.4. The van der Waals surface area contributed by atoms with Gasteiger partial charge in [0.25, 0.3) is 5.91 Å². The zero-order valence-corrected chi connectivity index (χ0v) is 22.9. The number of carboxylic acids is 1. The number of carbonyl (C=O) groups is 2. The number of hydrogen-bond donors (Lipinski definition) is 2. The molecule has 0 bridgehead atoms. The fraction of sp³-hybridized carbons (Fsp3) is 0.258. The average molecular weight is 549 g/mol. The van der Waals surface area contributed by atoms with E-state index in [1.807, 2.05) is 49.5 Å². The number of hydrogen-bond acceptors (Lipinski definition) is 3. The van der Waals surface area contributed by atoms with Gasteiger partial charge in [0.1, 0.15) is 0 Å². The van der Waals surface area contributed by atoms with Crippen LogP contribution in [0.1, 0.15) is 70.6 Å². The van der Waals surface area contributed by atoms with Gasteiger partial charge in [-0.3, -0.25) is 14.6 Å². The topological polar surface area (TPSA) is 79.3 Å². The van der Waals surface area contributed by atoms with Crippen LogP contribution in [0, 0.1) is 6.92 Å². The maximum Gasteiger partial charge on any atom is 0.305 e. The molecule has 0 radical (unpaired) electrons. The third-order valence-electron chi connectivity index (χ3n) is 6.83. The van der Waals surface area contributed by atoms with Crippen molar-refractivity contribution in [2.75, 3.05) is 6.54 Å². The first kappa shape index (κ1) is 27.6. The Hall–Kier alpha value is -3.41. The molecule has 4 aromatic rings. The molecule has 2 N–H and O–H groups in total. The van der Waals surface area contributed by atoms with Crippen molar-refractivity contribution in [2.45, 2.75) is 44.9 Å². The fourth-order valence-corrected chi connectivity index (χ4v) is 5.48. The molecule has 0 spiro atoms. The van der Waals surface area contributed by atoms with Crippen LogP contribution < -0.4 is 5.32 Å². The highest BCUT2D eigenvalue weighted by molar-refractivity contribution is 6.31. The number of pyridine rings is 1. The highest BCUT2D eigenvalue weighted by Crippen LogP contribution is 2.44. The number of rotatable bonds is 10. The summed E-state index contributed by atoms with van der Waals surface area (Å²) in [5, 5.41) is 13.9. The third kappa shape index (κ3) is 6.35. The number of aromatic nitrogens is 1. The lowest BCUT2D eigenvalue weighted by Crippen LogP contribution is -2.26. The summed E-state index contributed by atoms with van der Waals surface area (Å²) in [5.74, 6) is -1.14. The molecule has 38 heavy (non-hydrogen) atoms. The second-order valence-electron chi connectivity index (χ2n) is 9.47. The molecule has 0 aliphatic heterocycles. The fourth-order valence-electron chi connectivity index (χ4n) is 5.08. The number of amides is 1. The van der Waals surface area contributed by atoms with Crippen LogP contribution in [0.2, 0.25) is 10.0 Å². The van der Waals surface area contributed by atoms with E-state index in [1.54, 1.807) is 12.1 Å². The van der Waals surface area contributed by atoms with Crippen LogP contribution in [0.5, 0.6) is 0 Å². The Balaban J connectivity index is 1.79. The molecule has 1 aromatic heterocycles. The monoisotopic (exact) mass is 548 g/mol. The Morgan fingerprint density at radius 2 is 1.63 bits per heavy atom. The van der Waals surface area contributed by atoms with Crippen molar-refractivity contribution in [1.82, 2.24) is 10.3 Å². The van der Waals surface area contributed by atoms with Gasteiger partial charge in [-0.1, -0.05) is 60.8 Å². The largest absolute Gasteiger partial charge is 0.481 e. The van der Waals surface area contributed by atoms with E-state index in [2.05, 4.69) is 35.4 Å². The number of carboxylic acid groups (broad SMARTS) is 1. The predicted octanol–water partition coefficient (Wildman–Crippen LogP) is 7.77. The van der Waals surface area contributed by atoms with Crippen molar-refractivity contribution in [3.8, 4) is 0 Å². The smallest absolute Gasteiger partial charge is 0.305 e. The minimum atomic E-state index is -0.948. The number of nitrogens with one attached hydrogen (secondary N) is 1. The lowest BCUT2D eigenvalue weighted by atomic mass is 9.74. The second-order valence-corrected chi connectivity index (χ2v) is 10.3. The summed E-state index contributed by atoms with van der Waals surface area (Å²) in [6, 6.07) is 21.6. The molecule has 3 aromatic carbocycles. The number of benzene rings is 3. The highest BCUT2D eigenvalue weighted by atomic mass is 35.5. The zero-order valence-electron chi connectivity index (χ0n) is 21.4. The van der Waals surface area contributed by atoms with Gasteiger partial charge in [0.15, 0.2) is 0 Å². The molecule has 1 amide bonds. The van der Waals surface area contributed by atoms with Gasteiger partial charge in [0, 0.05) is 39.7 Å². The Labute approximate surface area is 232 Å². The van der Waals surface area contributed by atoms with E-state index in [4.69, 9.17) is 28.3 Å². The molecule has 2 atom stereocenters. The summed E-state index contributed by atoms with van der Waals surface area (Å²) in [4.78, 5) is 27.9. The van der Waals surface area contributed by atoms with Crippen LogP contribution in [0.4, 0.5) is 0 Å². The first-order valence-corrected chi connectivity index (χ1v) is 13.4. The van der Waals surface area contributed by atoms with Gasteiger partial charge in [0.2, 0.25) is 0 Å². The quantitative estimate of drug-likeness (QED) is 0.212. The van der Waals surface area contributed by atoms with Crippen LogP contribution in [0.3, 0.4) is 0 Å². The number of nitrogens with zero attached hydrogens (tertiary/aromatic N) is 1. The Bertz CT molecular complexity index is 1440. The Morgan fingerprint density at radius 3 is 2.29 bits per heavy atom. The standard InChI is InChI=1S/C31H30Cl2N2O3/c1-3-4-25(20-5-7-22(8-6-20)31(38)35-16-14-28(36)37)29(21-9-11-23(32)12-10-21)26-13-15-34-30-19(2)17-24(33)18-27(26)30/h5-13,15,17-18,25,29H,3-4,14,16H2,1-2H3,(H,35,38)(H,36,37)/t25-,29-/m1/s1. The van der Waals surface area contributed by atoms with Crippen molar-refractivity contribution in [2.24, 2.45) is 0 Å². The van der Waals surface area contributed by atoms with E-state index in [-0.39, 0.29) is 30.7 Å². The van der Waals surface area contributed by atoms with Crippen LogP contribution in [-0.2, 0) is 4.79 Å². The van der Waals surface area contributed by atoms with E-state index >= 15 is 0 Å². The lowest BCUT2D eigenvalue weighted by molar-refractivity contribution is -0.136. The van der Waals surface area contributed by atoms with Crippen LogP contribution in [-0.4, -0.2) is 28.5 Å². The Kier molecular flexibility index (Phi) is 9.03. The van der Waals surface area contributed by atoms with E-state index in [0.717, 1.165) is 46.0 Å². The molecule has 1 heterocycles. The van der Waals surface area contributed by atoms with Crippen molar-refractivity contribution in [1.29, 1.82) is 0 Å². The SMILES string of the molecule is CCC[C@H](c1ccc(C(=O)NCCC(=O)O)cc1)[C@@H](c1ccc(Cl)cc1)c1ccnc2c(C)cc(Cl)cc12. The average Bonchev–Trinajstić information content (AvgIpc) is 2.89. The summed E-state index contributed by atoms with van der Waals surface area (Å²) in [6.07, 6.45) is 3.62. The van der Waals surface area contributed by atoms with E-state index in [0.29, 0.717) is 15.6 Å². The van der Waals surface area contributed by atoms with Gasteiger partial charge in [-0.2, -0.15) is 0 Å². The third-order valence-corrected chi connectivity index (χ3v) is 7.30. The summed E-state index contributed by atoms with van der Waals surface area (Å²) in [7, 11) is 0. The highest BCUT2D eigenvalue weighted by Gasteiger charge is 2.28. The normalized spacial score (nSPS) is 12.7. The van der Waals surface area contributed by atoms with Crippen molar-refractivity contribution in [3.63, 3.8) is 0 Å². The summed E-state index contributed by atoms with van der Waals surface area (Å²) < 4.78 is 0. The molecule has 196 valence electrons. The first-order chi connectivity index (χ1) is 18.3. The molecule has 0 aliphatic carbocycles. The molecular weight excluding hydrogens is 519 g/mol. The van der Waals surface area contributed by atoms with Gasteiger partial charge in [-0.25, -0.2) is 0 Å². The van der Waals surface area contributed by atoms with Crippen LogP contribution in [0.25, 0.3) is 10.9 Å². The molecule has 4 rings (SSSR count). The maximum atomic E-state index is 12.5. The molecule has 7 heteroatoms. The predicted molar refractivity (Wildman–Crippen MR) is 153 cm³/mol. The molecule has 0 saturated heterocycles. The zero-order chi connectivity index (χ0) is 27.2. The van der Waals surface area contributed by atoms with Crippen molar-refractivity contribution >= 4 is 46.0 Å². The number of carbonyl (C=O) groups excluding carboxylic acids is 1. The van der Waals surface area contributed by atoms with Gasteiger partial charge in [-0.05, 0) is 84.0 Å². The number of halogens is 2. The van der Waals surface area contributed by atoms with E-state index in [9.17, 15) is 9.59 Å². The van der Waals surface area contributed by atoms with E-state index in [1.165, 1.54) is 0 Å². The lowest BCUT2D eigenvalue weighted by Gasteiger charge is -2.30. The molecule has 0 saturated carbocycles. The molecule has 0 fully saturated rings. The van der Waals surface area contributed by atoms with Crippen molar-refractivity contribution < 1.29 is 14.7 Å². The Morgan fingerprint density at radius 1 is 0.947 bits per heavy atom. The van der Waals surface area contributed by atoms with Crippen LogP contribution >= 0.6 is 23.2 Å². The van der Waals surface area contributed by atoms with Gasteiger partial charge < -0.3 is 10.4 Å². The maximum absolute atomic E-state index is 12.5. The van der Waals surface area contributed by atoms with Crippen molar-refractivity contribution in [3.05, 3.63) is 111 Å². The summed E-state index contributed by atoms with van der Waals surface area (Å²) in [6.45, 7) is 4.28. The number of fused-ring (bicyclic) bond motifs is 1. The number of aryl methyl sites for hydroxylation is 1. The molecule has 5 nitrogen and oxygen atoms in total.